The van der Waals surface area contributed by atoms with Gasteiger partial charge in [-0.3, -0.25) is 23.7 Å². The number of amides is 4. The molecule has 9 unspecified atom stereocenters. The number of carbonyl (C=O) groups excluding carboxylic acids is 4. The smallest absolute Gasteiger partial charge is 0.397 e. The lowest BCUT2D eigenvalue weighted by molar-refractivity contribution is -0.358. The van der Waals surface area contributed by atoms with Crippen LogP contribution in [0, 0.1) is 0 Å². The van der Waals surface area contributed by atoms with E-state index in [1.807, 2.05) is 0 Å². The Bertz CT molecular complexity index is 2130. The molecule has 0 aromatic heterocycles. The summed E-state index contributed by atoms with van der Waals surface area (Å²) in [5.74, 6) is -2.57. The first kappa shape index (κ1) is 64.0. The maximum absolute atomic E-state index is 13.8. The van der Waals surface area contributed by atoms with Gasteiger partial charge in [-0.15, -0.1) is 0 Å². The van der Waals surface area contributed by atoms with Gasteiger partial charge in [-0.1, -0.05) is 64.4 Å². The van der Waals surface area contributed by atoms with Crippen LogP contribution in [0.5, 0.6) is 5.75 Å². The number of rotatable bonds is 28. The van der Waals surface area contributed by atoms with E-state index in [1.165, 1.54) is 44.2 Å². The Morgan fingerprint density at radius 3 is 1.55 bits per heavy atom. The monoisotopic (exact) mass is 1130 g/mol. The normalized spacial score (nSPS) is 34.6. The molecule has 1 aromatic rings. The highest BCUT2D eigenvalue weighted by molar-refractivity contribution is 7.80. The van der Waals surface area contributed by atoms with Gasteiger partial charge in [-0.25, -0.2) is 4.18 Å². The second-order valence-electron chi connectivity index (χ2n) is 19.5. The van der Waals surface area contributed by atoms with E-state index in [0.29, 0.717) is 12.4 Å². The molecular weight excluding hydrogens is 1050 g/mol. The average molecular weight is 1130 g/mol. The van der Waals surface area contributed by atoms with E-state index in [0.717, 1.165) is 46.5 Å². The maximum atomic E-state index is 13.8. The number of hydrogen-bond acceptors (Lipinski definition) is 23. The lowest BCUT2D eigenvalue weighted by Crippen LogP contribution is -2.71. The zero-order valence-corrected chi connectivity index (χ0v) is 44.3. The standard InChI is InChI=1S/C48H78N4O24S/c1-5-6-7-8-9-10-11-12-13-17-68-28-16-14-15-27(18-28)45(64)52-34-39(61)38(60)30(19-53)71-46(34)74-42-31(20-54)72-47(35(40(42)62)50-25(3)57)75-43-32(21-55)73-48(36(41(43)63)51-26(4)58)76-44-33(23-70-77(65,66)67)69-22-29(37(44)59)49-24(2)56/h14-16,18,29-44,46-48,53-55,59-63H,5-13,17,19-23H2,1-4H3,(H,49,56)(H,50,57)(H,51,58)(H,52,64)(H,65,66,67)/t29?,30?,31-,32?,33-,34-,35?,36-,37?,38+,39+,40?,41+,42+,43?,44+,46?,47?,48-/m0/s1. The van der Waals surface area contributed by atoms with Crippen molar-refractivity contribution in [3.8, 4) is 5.75 Å². The SMILES string of the molecule is CCCCCCCCCCCOc1cccc(C(=O)N[C@@H]2C(O[C@H]3C(O)C(NC(C)=O)C(OC4C(CO)O[C@@H](O[C@H]5C(O)C(NC(C)=O)CO[C@H]5COS(=O)(=O)O)[C@@H](NC(C)=O)[C@H]4O)O[C@H]3CO)OC(CO)[C@@H](O)[C@@H]2O)c1. The van der Waals surface area contributed by atoms with Crippen LogP contribution in [0.1, 0.15) is 95.8 Å². The minimum Gasteiger partial charge on any atom is -0.494 e. The fourth-order valence-electron chi connectivity index (χ4n) is 9.58. The van der Waals surface area contributed by atoms with Crippen molar-refractivity contribution in [1.82, 2.24) is 21.3 Å². The zero-order chi connectivity index (χ0) is 56.6. The van der Waals surface area contributed by atoms with Gasteiger partial charge in [0.2, 0.25) is 17.7 Å². The molecule has 13 N–H and O–H groups in total. The lowest BCUT2D eigenvalue weighted by Gasteiger charge is -2.50. The second-order valence-corrected chi connectivity index (χ2v) is 20.6. The Labute approximate surface area is 446 Å². The molecule has 0 radical (unpaired) electrons. The van der Waals surface area contributed by atoms with Crippen LogP contribution >= 0.6 is 0 Å². The van der Waals surface area contributed by atoms with Gasteiger partial charge in [0, 0.05) is 26.3 Å². The third-order valence-corrected chi connectivity index (χ3v) is 13.9. The third kappa shape index (κ3) is 18.3. The fraction of sp³-hybridized carbons (Fsp3) is 0.792. The molecule has 0 aliphatic carbocycles. The van der Waals surface area contributed by atoms with Gasteiger partial charge in [0.05, 0.1) is 45.7 Å². The van der Waals surface area contributed by atoms with Crippen LogP contribution < -0.4 is 26.0 Å². The number of aliphatic hydroxyl groups excluding tert-OH is 8. The largest absolute Gasteiger partial charge is 0.494 e. The summed E-state index contributed by atoms with van der Waals surface area (Å²) in [5.41, 5.74) is 0.0821. The molecule has 0 saturated carbocycles. The second kappa shape index (κ2) is 30.7. The molecule has 4 heterocycles. The molecule has 28 nitrogen and oxygen atoms in total. The Morgan fingerprint density at radius 1 is 0.597 bits per heavy atom. The predicted octanol–water partition coefficient (Wildman–Crippen LogP) is -3.46. The molecule has 4 aliphatic rings. The Hall–Kier alpha value is -3.83. The number of carbonyl (C=O) groups is 4. The van der Waals surface area contributed by atoms with E-state index >= 15 is 0 Å². The van der Waals surface area contributed by atoms with Crippen LogP contribution in [0.25, 0.3) is 0 Å². The quantitative estimate of drug-likeness (QED) is 0.0286. The number of aliphatic hydroxyl groups is 8. The molecule has 29 heteroatoms. The molecular formula is C48H78N4O24S. The molecule has 4 fully saturated rings. The first-order chi connectivity index (χ1) is 36.6. The first-order valence-electron chi connectivity index (χ1n) is 25.8. The maximum Gasteiger partial charge on any atom is 0.397 e. The number of benzene rings is 1. The first-order valence-corrected chi connectivity index (χ1v) is 27.2. The zero-order valence-electron chi connectivity index (χ0n) is 43.4. The van der Waals surface area contributed by atoms with E-state index in [-0.39, 0.29) is 5.56 Å². The Morgan fingerprint density at radius 2 is 1.06 bits per heavy atom. The van der Waals surface area contributed by atoms with Crippen molar-refractivity contribution in [2.45, 2.75) is 202 Å². The van der Waals surface area contributed by atoms with Gasteiger partial charge < -0.3 is 100 Å². The van der Waals surface area contributed by atoms with Gasteiger partial charge in [0.1, 0.15) is 97.1 Å². The molecule has 4 saturated heterocycles. The lowest BCUT2D eigenvalue weighted by atomic mass is 9.93. The molecule has 0 bridgehead atoms. The summed E-state index contributed by atoms with van der Waals surface area (Å²) in [7, 11) is -5.06. The number of nitrogens with one attached hydrogen (secondary N) is 4. The summed E-state index contributed by atoms with van der Waals surface area (Å²) in [6, 6.07) is 0.0230. The molecule has 0 spiro atoms. The highest BCUT2D eigenvalue weighted by atomic mass is 32.3. The Balaban J connectivity index is 1.33. The van der Waals surface area contributed by atoms with Crippen molar-refractivity contribution < 1.29 is 115 Å². The van der Waals surface area contributed by atoms with Gasteiger partial charge in [-0.2, -0.15) is 8.42 Å². The summed E-state index contributed by atoms with van der Waals surface area (Å²) in [6.45, 7) is 1.69. The summed E-state index contributed by atoms with van der Waals surface area (Å²) >= 11 is 0. The number of ether oxygens (including phenoxy) is 8. The van der Waals surface area contributed by atoms with Crippen molar-refractivity contribution in [3.05, 3.63) is 29.8 Å². The molecule has 77 heavy (non-hydrogen) atoms. The van der Waals surface area contributed by atoms with Gasteiger partial charge in [-0.05, 0) is 24.6 Å². The van der Waals surface area contributed by atoms with E-state index in [1.54, 1.807) is 12.1 Å². The van der Waals surface area contributed by atoms with Crippen LogP contribution in [-0.4, -0.2) is 233 Å². The van der Waals surface area contributed by atoms with Crippen LogP contribution in [0.3, 0.4) is 0 Å². The molecule has 4 aliphatic heterocycles. The van der Waals surface area contributed by atoms with Crippen LogP contribution in [-0.2, 0) is 62.1 Å². The van der Waals surface area contributed by atoms with E-state index in [9.17, 15) is 73.0 Å². The summed E-state index contributed by atoms with van der Waals surface area (Å²) in [5, 5.41) is 98.9. The summed E-state index contributed by atoms with van der Waals surface area (Å²) in [6.07, 6.45) is -16.3. The van der Waals surface area contributed by atoms with Crippen molar-refractivity contribution in [2.75, 3.05) is 39.6 Å². The summed E-state index contributed by atoms with van der Waals surface area (Å²) < 4.78 is 84.4. The van der Waals surface area contributed by atoms with E-state index in [2.05, 4.69) is 32.4 Å². The fourth-order valence-corrected chi connectivity index (χ4v) is 9.89. The average Bonchev–Trinajstić information content (AvgIpc) is 3.38. The molecule has 1 aromatic carbocycles. The van der Waals surface area contributed by atoms with Gasteiger partial charge in [0.15, 0.2) is 18.9 Å². The van der Waals surface area contributed by atoms with Crippen LogP contribution in [0.15, 0.2) is 24.3 Å². The van der Waals surface area contributed by atoms with Crippen LogP contribution in [0.2, 0.25) is 0 Å². The number of unbranched alkanes of at least 4 members (excludes halogenated alkanes) is 8. The van der Waals surface area contributed by atoms with E-state index < -0.39 is 183 Å². The summed E-state index contributed by atoms with van der Waals surface area (Å²) in [4.78, 5) is 51.1. The Kier molecular flexibility index (Phi) is 25.5. The predicted molar refractivity (Wildman–Crippen MR) is 262 cm³/mol. The molecule has 19 atom stereocenters. The number of hydrogen-bond donors (Lipinski definition) is 13. The van der Waals surface area contributed by atoms with E-state index in [4.69, 9.17) is 37.9 Å². The molecule has 440 valence electrons. The topological polar surface area (TPSA) is 416 Å². The van der Waals surface area contributed by atoms with Gasteiger partial charge in [0.25, 0.3) is 5.91 Å². The third-order valence-electron chi connectivity index (χ3n) is 13.5. The minimum atomic E-state index is -5.06. The van der Waals surface area contributed by atoms with Crippen molar-refractivity contribution >= 4 is 34.0 Å². The van der Waals surface area contributed by atoms with Crippen molar-refractivity contribution in [2.24, 2.45) is 0 Å². The van der Waals surface area contributed by atoms with Crippen molar-refractivity contribution in [1.29, 1.82) is 0 Å². The van der Waals surface area contributed by atoms with Crippen molar-refractivity contribution in [3.63, 3.8) is 0 Å². The molecule has 4 amide bonds. The van der Waals surface area contributed by atoms with Gasteiger partial charge >= 0.3 is 10.4 Å². The minimum absolute atomic E-state index is 0.0821. The highest BCUT2D eigenvalue weighted by Crippen LogP contribution is 2.34. The highest BCUT2D eigenvalue weighted by Gasteiger charge is 2.56. The molecule has 5 rings (SSSR count). The van der Waals surface area contributed by atoms with Crippen LogP contribution in [0.4, 0.5) is 0 Å².